The summed E-state index contributed by atoms with van der Waals surface area (Å²) >= 11 is 0. The number of aromatic amines is 1. The van der Waals surface area contributed by atoms with Crippen molar-refractivity contribution in [3.05, 3.63) is 30.6 Å². The molecule has 0 fully saturated rings. The Morgan fingerprint density at radius 2 is 2.00 bits per heavy atom. The number of rotatable bonds is 1. The Balaban J connectivity index is 2.26. The average Bonchev–Trinajstić information content (AvgIpc) is 2.76. The van der Waals surface area contributed by atoms with E-state index in [0.29, 0.717) is 17.1 Å². The van der Waals surface area contributed by atoms with Crippen LogP contribution in [-0.2, 0) is 0 Å². The van der Waals surface area contributed by atoms with Gasteiger partial charge < -0.3 is 11.5 Å². The predicted octanol–water partition coefficient (Wildman–Crippen LogP) is 1.18. The molecule has 2 aromatic heterocycles. The van der Waals surface area contributed by atoms with Gasteiger partial charge in [0.2, 0.25) is 0 Å². The molecule has 0 atom stereocenters. The van der Waals surface area contributed by atoms with Crippen molar-refractivity contribution in [3.63, 3.8) is 0 Å². The summed E-state index contributed by atoms with van der Waals surface area (Å²) in [4.78, 5) is 0. The van der Waals surface area contributed by atoms with E-state index in [4.69, 9.17) is 11.5 Å². The Bertz CT molecular complexity index is 667. The van der Waals surface area contributed by atoms with Gasteiger partial charge in [-0.1, -0.05) is 12.1 Å². The second kappa shape index (κ2) is 3.44. The van der Waals surface area contributed by atoms with Crippen LogP contribution in [0, 0.1) is 0 Å². The molecule has 0 aliphatic heterocycles. The number of hydrogen-bond donors (Lipinski definition) is 3. The third-order valence-corrected chi connectivity index (χ3v) is 2.64. The molecule has 0 spiro atoms. The zero-order valence-electron chi connectivity index (χ0n) is 8.88. The quantitative estimate of drug-likeness (QED) is 0.577. The first kappa shape index (κ1) is 9.59. The third-order valence-electron chi connectivity index (χ3n) is 2.64. The fourth-order valence-corrected chi connectivity index (χ4v) is 1.82. The van der Waals surface area contributed by atoms with Gasteiger partial charge in [0.25, 0.3) is 0 Å². The summed E-state index contributed by atoms with van der Waals surface area (Å²) in [6.07, 6.45) is 3.25. The molecule has 17 heavy (non-hydrogen) atoms. The molecule has 0 amide bonds. The minimum Gasteiger partial charge on any atom is -0.397 e. The van der Waals surface area contributed by atoms with Crippen molar-refractivity contribution in [1.82, 2.24) is 20.4 Å². The van der Waals surface area contributed by atoms with Crippen LogP contribution in [0.15, 0.2) is 30.6 Å². The number of benzene rings is 1. The molecule has 3 aromatic rings. The molecule has 0 unspecified atom stereocenters. The molecular weight excluding hydrogens is 216 g/mol. The van der Waals surface area contributed by atoms with E-state index in [1.54, 1.807) is 6.20 Å². The van der Waals surface area contributed by atoms with Crippen LogP contribution in [0.3, 0.4) is 0 Å². The van der Waals surface area contributed by atoms with Crippen molar-refractivity contribution < 1.29 is 0 Å². The lowest BCUT2D eigenvalue weighted by Crippen LogP contribution is -2.00. The van der Waals surface area contributed by atoms with E-state index in [1.807, 2.05) is 18.2 Å². The van der Waals surface area contributed by atoms with Crippen molar-refractivity contribution in [2.45, 2.75) is 0 Å². The number of nitrogens with two attached hydrogens (primary N) is 2. The van der Waals surface area contributed by atoms with Gasteiger partial charge in [-0.25, -0.2) is 0 Å². The van der Waals surface area contributed by atoms with E-state index in [9.17, 15) is 0 Å². The molecule has 6 nitrogen and oxygen atoms in total. The van der Waals surface area contributed by atoms with E-state index in [1.165, 1.54) is 6.20 Å². The van der Waals surface area contributed by atoms with Crippen LogP contribution in [0.2, 0.25) is 0 Å². The molecule has 6 heteroatoms. The van der Waals surface area contributed by atoms with E-state index in [2.05, 4.69) is 20.4 Å². The number of nitrogen functional groups attached to an aromatic ring is 2. The molecule has 3 rings (SSSR count). The maximum absolute atomic E-state index is 5.86. The summed E-state index contributed by atoms with van der Waals surface area (Å²) in [5, 5.41) is 15.4. The van der Waals surface area contributed by atoms with Gasteiger partial charge >= 0.3 is 0 Å². The molecule has 0 bridgehead atoms. The van der Waals surface area contributed by atoms with Gasteiger partial charge in [-0.05, 0) is 11.6 Å². The Morgan fingerprint density at radius 3 is 2.82 bits per heavy atom. The average molecular weight is 226 g/mol. The first-order valence-electron chi connectivity index (χ1n) is 5.06. The highest BCUT2D eigenvalue weighted by atomic mass is 15.1. The number of anilines is 2. The maximum atomic E-state index is 5.86. The molecule has 1 aromatic carbocycles. The Kier molecular flexibility index (Phi) is 1.94. The van der Waals surface area contributed by atoms with Crippen LogP contribution in [0.4, 0.5) is 11.5 Å². The van der Waals surface area contributed by atoms with Gasteiger partial charge in [0.15, 0.2) is 5.82 Å². The highest BCUT2D eigenvalue weighted by molar-refractivity contribution is 5.90. The first-order valence-corrected chi connectivity index (χ1v) is 5.06. The Labute approximate surface area is 96.7 Å². The highest BCUT2D eigenvalue weighted by Gasteiger charge is 2.09. The van der Waals surface area contributed by atoms with Crippen LogP contribution >= 0.6 is 0 Å². The Hall–Kier alpha value is -2.63. The van der Waals surface area contributed by atoms with Crippen LogP contribution in [-0.4, -0.2) is 20.4 Å². The largest absolute Gasteiger partial charge is 0.397 e. The summed E-state index contributed by atoms with van der Waals surface area (Å²) in [6.45, 7) is 0. The lowest BCUT2D eigenvalue weighted by atomic mass is 10.0. The molecule has 0 saturated heterocycles. The zero-order chi connectivity index (χ0) is 11.8. The first-order chi connectivity index (χ1) is 8.25. The van der Waals surface area contributed by atoms with Crippen LogP contribution in [0.5, 0.6) is 0 Å². The van der Waals surface area contributed by atoms with Gasteiger partial charge in [0.05, 0.1) is 29.2 Å². The van der Waals surface area contributed by atoms with E-state index < -0.39 is 0 Å². The van der Waals surface area contributed by atoms with Gasteiger partial charge in [-0.2, -0.15) is 10.2 Å². The second-order valence-corrected chi connectivity index (χ2v) is 3.73. The van der Waals surface area contributed by atoms with Gasteiger partial charge in [-0.15, -0.1) is 5.10 Å². The SMILES string of the molecule is Nc1cnnc(N)c1-c1ccc2cn[nH]c2c1. The van der Waals surface area contributed by atoms with E-state index in [-0.39, 0.29) is 0 Å². The lowest BCUT2D eigenvalue weighted by molar-refractivity contribution is 1.05. The predicted molar refractivity (Wildman–Crippen MR) is 65.9 cm³/mol. The minimum absolute atomic E-state index is 0.323. The number of hydrogen-bond acceptors (Lipinski definition) is 5. The standard InChI is InChI=1S/C11H10N6/c12-8-5-15-17-11(13)10(8)6-1-2-7-4-14-16-9(7)3-6/h1-5H,(H,14,16)(H4,12,13,17). The minimum atomic E-state index is 0.323. The van der Waals surface area contributed by atoms with Crippen molar-refractivity contribution >= 4 is 22.4 Å². The molecule has 0 saturated carbocycles. The van der Waals surface area contributed by atoms with E-state index in [0.717, 1.165) is 16.5 Å². The van der Waals surface area contributed by atoms with Crippen LogP contribution in [0.1, 0.15) is 0 Å². The molecule has 0 aliphatic carbocycles. The summed E-state index contributed by atoms with van der Waals surface area (Å²) in [5.41, 5.74) is 14.7. The molecule has 0 radical (unpaired) electrons. The molecule has 5 N–H and O–H groups in total. The smallest absolute Gasteiger partial charge is 0.156 e. The monoisotopic (exact) mass is 226 g/mol. The molecule has 2 heterocycles. The number of nitrogens with one attached hydrogen (secondary N) is 1. The van der Waals surface area contributed by atoms with Crippen LogP contribution < -0.4 is 11.5 Å². The topological polar surface area (TPSA) is 106 Å². The molecular formula is C11H10N6. The van der Waals surface area contributed by atoms with Gasteiger partial charge in [0, 0.05) is 5.39 Å². The fourth-order valence-electron chi connectivity index (χ4n) is 1.82. The van der Waals surface area contributed by atoms with E-state index >= 15 is 0 Å². The second-order valence-electron chi connectivity index (χ2n) is 3.73. The van der Waals surface area contributed by atoms with Crippen LogP contribution in [0.25, 0.3) is 22.0 Å². The van der Waals surface area contributed by atoms with Gasteiger partial charge in [0.1, 0.15) is 0 Å². The van der Waals surface area contributed by atoms with Crippen molar-refractivity contribution in [3.8, 4) is 11.1 Å². The molecule has 0 aliphatic rings. The van der Waals surface area contributed by atoms with Gasteiger partial charge in [-0.3, -0.25) is 5.10 Å². The number of fused-ring (bicyclic) bond motifs is 1. The summed E-state index contributed by atoms with van der Waals surface area (Å²) in [7, 11) is 0. The fraction of sp³-hybridized carbons (Fsp3) is 0. The molecule has 84 valence electrons. The summed E-state index contributed by atoms with van der Waals surface area (Å²) in [6, 6.07) is 5.82. The van der Waals surface area contributed by atoms with Crippen molar-refractivity contribution in [1.29, 1.82) is 0 Å². The Morgan fingerprint density at radius 1 is 1.12 bits per heavy atom. The summed E-state index contributed by atoms with van der Waals surface area (Å²) < 4.78 is 0. The lowest BCUT2D eigenvalue weighted by Gasteiger charge is -2.07. The third kappa shape index (κ3) is 1.46. The normalized spacial score (nSPS) is 10.8. The number of nitrogens with zero attached hydrogens (tertiary/aromatic N) is 3. The summed E-state index contributed by atoms with van der Waals surface area (Å²) in [5.74, 6) is 0.323. The van der Waals surface area contributed by atoms with Crippen molar-refractivity contribution in [2.24, 2.45) is 0 Å². The zero-order valence-corrected chi connectivity index (χ0v) is 8.88. The van der Waals surface area contributed by atoms with Crippen molar-refractivity contribution in [2.75, 3.05) is 11.5 Å². The number of aromatic nitrogens is 4. The number of H-pyrrole nitrogens is 1. The highest BCUT2D eigenvalue weighted by Crippen LogP contribution is 2.30. The maximum Gasteiger partial charge on any atom is 0.156 e.